The van der Waals surface area contributed by atoms with Crippen LogP contribution in [0, 0.1) is 0 Å². The number of anilines is 1. The zero-order chi connectivity index (χ0) is 11.0. The molecule has 1 heterocycles. The van der Waals surface area contributed by atoms with Gasteiger partial charge in [-0.25, -0.2) is 0 Å². The number of hydrogen-bond donors (Lipinski definition) is 1. The van der Waals surface area contributed by atoms with Gasteiger partial charge in [0.05, 0.1) is 13.2 Å². The van der Waals surface area contributed by atoms with Gasteiger partial charge < -0.3 is 14.7 Å². The lowest BCUT2D eigenvalue weighted by Crippen LogP contribution is -2.21. The number of nitrogens with zero attached hydrogens (tertiary/aromatic N) is 1. The van der Waals surface area contributed by atoms with Crippen LogP contribution < -0.4 is 9.64 Å². The number of ether oxygens (including phenoxy) is 1. The summed E-state index contributed by atoms with van der Waals surface area (Å²) in [6.07, 6.45) is -0.319. The minimum Gasteiger partial charge on any atom is -0.497 e. The van der Waals surface area contributed by atoms with Crippen molar-refractivity contribution in [1.29, 1.82) is 0 Å². The monoisotopic (exact) mass is 207 g/mol. The molecule has 3 nitrogen and oxygen atoms in total. The molecule has 15 heavy (non-hydrogen) atoms. The lowest BCUT2D eigenvalue weighted by atomic mass is 9.96. The van der Waals surface area contributed by atoms with E-state index in [4.69, 9.17) is 4.74 Å². The number of benzene rings is 1. The molecule has 1 N–H and O–H groups in total. The molecule has 3 heteroatoms. The summed E-state index contributed by atoms with van der Waals surface area (Å²) in [5.41, 5.74) is 2.38. The van der Waals surface area contributed by atoms with E-state index in [0.717, 1.165) is 12.3 Å². The van der Waals surface area contributed by atoms with Crippen molar-refractivity contribution in [3.8, 4) is 5.75 Å². The maximum absolute atomic E-state index is 9.71. The largest absolute Gasteiger partial charge is 0.497 e. The van der Waals surface area contributed by atoms with E-state index in [-0.39, 0.29) is 12.0 Å². The molecule has 0 fully saturated rings. The molecule has 1 aliphatic heterocycles. The Kier molecular flexibility index (Phi) is 2.57. The standard InChI is InChI=1S/C12H17NO2/c1-8(14)11-7-13(2)12-5-4-9(15-3)6-10(11)12/h4-6,8,11,14H,7H2,1-3H3. The summed E-state index contributed by atoms with van der Waals surface area (Å²) in [7, 11) is 3.71. The van der Waals surface area contributed by atoms with Crippen molar-refractivity contribution in [2.75, 3.05) is 25.6 Å². The Bertz CT molecular complexity index is 363. The molecule has 0 saturated carbocycles. The topological polar surface area (TPSA) is 32.7 Å². The van der Waals surface area contributed by atoms with Gasteiger partial charge in [0, 0.05) is 25.2 Å². The third-order valence-corrected chi connectivity index (χ3v) is 3.10. The first kappa shape index (κ1) is 10.3. The van der Waals surface area contributed by atoms with Crippen molar-refractivity contribution < 1.29 is 9.84 Å². The Balaban J connectivity index is 2.42. The van der Waals surface area contributed by atoms with E-state index >= 15 is 0 Å². The molecule has 1 aromatic rings. The lowest BCUT2D eigenvalue weighted by Gasteiger charge is -2.14. The minimum atomic E-state index is -0.319. The molecule has 0 amide bonds. The van der Waals surface area contributed by atoms with Gasteiger partial charge in [-0.05, 0) is 30.7 Å². The lowest BCUT2D eigenvalue weighted by molar-refractivity contribution is 0.167. The third kappa shape index (κ3) is 1.67. The second-order valence-electron chi connectivity index (χ2n) is 4.15. The van der Waals surface area contributed by atoms with Crippen molar-refractivity contribution in [1.82, 2.24) is 0 Å². The Labute approximate surface area is 90.3 Å². The van der Waals surface area contributed by atoms with E-state index in [9.17, 15) is 5.11 Å². The molecular weight excluding hydrogens is 190 g/mol. The molecule has 0 bridgehead atoms. The van der Waals surface area contributed by atoms with E-state index in [1.807, 2.05) is 26.1 Å². The van der Waals surface area contributed by atoms with Gasteiger partial charge in [-0.3, -0.25) is 0 Å². The molecule has 0 radical (unpaired) electrons. The maximum Gasteiger partial charge on any atom is 0.119 e. The van der Waals surface area contributed by atoms with E-state index in [0.29, 0.717) is 0 Å². The van der Waals surface area contributed by atoms with Crippen LogP contribution in [0.4, 0.5) is 5.69 Å². The number of aliphatic hydroxyl groups excluding tert-OH is 1. The quantitative estimate of drug-likeness (QED) is 0.799. The molecule has 0 aromatic heterocycles. The van der Waals surface area contributed by atoms with Crippen LogP contribution in [0.25, 0.3) is 0 Å². The summed E-state index contributed by atoms with van der Waals surface area (Å²) >= 11 is 0. The van der Waals surface area contributed by atoms with Crippen molar-refractivity contribution >= 4 is 5.69 Å². The normalized spacial score (nSPS) is 21.3. The smallest absolute Gasteiger partial charge is 0.119 e. The summed E-state index contributed by atoms with van der Waals surface area (Å²) < 4.78 is 5.20. The second-order valence-corrected chi connectivity index (χ2v) is 4.15. The van der Waals surface area contributed by atoms with Crippen molar-refractivity contribution in [2.45, 2.75) is 18.9 Å². The van der Waals surface area contributed by atoms with Gasteiger partial charge in [-0.1, -0.05) is 0 Å². The van der Waals surface area contributed by atoms with E-state index < -0.39 is 0 Å². The van der Waals surface area contributed by atoms with Crippen molar-refractivity contribution in [3.05, 3.63) is 23.8 Å². The summed E-state index contributed by atoms with van der Waals surface area (Å²) in [4.78, 5) is 2.17. The Morgan fingerprint density at radius 3 is 2.87 bits per heavy atom. The van der Waals surface area contributed by atoms with Crippen LogP contribution in [0.15, 0.2) is 18.2 Å². The fourth-order valence-electron chi connectivity index (χ4n) is 2.21. The van der Waals surface area contributed by atoms with Crippen LogP contribution in [-0.4, -0.2) is 31.9 Å². The van der Waals surface area contributed by atoms with Gasteiger partial charge >= 0.3 is 0 Å². The number of rotatable bonds is 2. The molecular formula is C12H17NO2. The average Bonchev–Trinajstić information content (AvgIpc) is 2.56. The minimum absolute atomic E-state index is 0.195. The van der Waals surface area contributed by atoms with Gasteiger partial charge in [0.25, 0.3) is 0 Å². The number of fused-ring (bicyclic) bond motifs is 1. The Hall–Kier alpha value is -1.22. The predicted molar refractivity (Wildman–Crippen MR) is 60.7 cm³/mol. The first-order valence-corrected chi connectivity index (χ1v) is 5.20. The van der Waals surface area contributed by atoms with Crippen molar-refractivity contribution in [2.24, 2.45) is 0 Å². The number of likely N-dealkylation sites (N-methyl/N-ethyl adjacent to an activating group) is 1. The van der Waals surface area contributed by atoms with Gasteiger partial charge in [-0.2, -0.15) is 0 Å². The van der Waals surface area contributed by atoms with Crippen LogP contribution in [0.5, 0.6) is 5.75 Å². The first-order valence-electron chi connectivity index (χ1n) is 5.20. The summed E-state index contributed by atoms with van der Waals surface area (Å²) in [5.74, 6) is 1.05. The van der Waals surface area contributed by atoms with Gasteiger partial charge in [0.1, 0.15) is 5.75 Å². The highest BCUT2D eigenvalue weighted by Crippen LogP contribution is 2.39. The van der Waals surface area contributed by atoms with Crippen molar-refractivity contribution in [3.63, 3.8) is 0 Å². The van der Waals surface area contributed by atoms with E-state index in [1.165, 1.54) is 11.3 Å². The van der Waals surface area contributed by atoms with Crippen LogP contribution in [0.3, 0.4) is 0 Å². The highest BCUT2D eigenvalue weighted by Gasteiger charge is 2.29. The highest BCUT2D eigenvalue weighted by atomic mass is 16.5. The van der Waals surface area contributed by atoms with E-state index in [1.54, 1.807) is 7.11 Å². The SMILES string of the molecule is COc1ccc2c(c1)C(C(C)O)CN2C. The summed E-state index contributed by atoms with van der Waals surface area (Å²) in [6.45, 7) is 2.72. The van der Waals surface area contributed by atoms with Gasteiger partial charge in [0.15, 0.2) is 0 Å². The van der Waals surface area contributed by atoms with Crippen LogP contribution in [-0.2, 0) is 0 Å². The fourth-order valence-corrected chi connectivity index (χ4v) is 2.21. The Morgan fingerprint density at radius 2 is 2.27 bits per heavy atom. The number of aliphatic hydroxyl groups is 1. The predicted octanol–water partition coefficient (Wildman–Crippen LogP) is 1.61. The van der Waals surface area contributed by atoms with Gasteiger partial charge in [0.2, 0.25) is 0 Å². The van der Waals surface area contributed by atoms with Gasteiger partial charge in [-0.15, -0.1) is 0 Å². The Morgan fingerprint density at radius 1 is 1.53 bits per heavy atom. The zero-order valence-corrected chi connectivity index (χ0v) is 9.40. The van der Waals surface area contributed by atoms with Crippen LogP contribution in [0.2, 0.25) is 0 Å². The molecule has 2 unspecified atom stereocenters. The average molecular weight is 207 g/mol. The van der Waals surface area contributed by atoms with Crippen LogP contribution >= 0.6 is 0 Å². The summed E-state index contributed by atoms with van der Waals surface area (Å²) in [6, 6.07) is 6.03. The molecule has 82 valence electrons. The van der Waals surface area contributed by atoms with E-state index in [2.05, 4.69) is 11.0 Å². The molecule has 1 aromatic carbocycles. The maximum atomic E-state index is 9.71. The number of hydrogen-bond acceptors (Lipinski definition) is 3. The molecule has 0 spiro atoms. The highest BCUT2D eigenvalue weighted by molar-refractivity contribution is 5.62. The zero-order valence-electron chi connectivity index (χ0n) is 9.40. The molecule has 2 atom stereocenters. The molecule has 2 rings (SSSR count). The molecule has 0 aliphatic carbocycles. The molecule has 0 saturated heterocycles. The fraction of sp³-hybridized carbons (Fsp3) is 0.500. The first-order chi connectivity index (χ1) is 7.13. The molecule has 1 aliphatic rings. The number of methoxy groups -OCH3 is 1. The van der Waals surface area contributed by atoms with Crippen LogP contribution in [0.1, 0.15) is 18.4 Å². The second kappa shape index (κ2) is 3.74. The third-order valence-electron chi connectivity index (χ3n) is 3.10. The summed E-state index contributed by atoms with van der Waals surface area (Å²) in [5, 5.41) is 9.71.